The van der Waals surface area contributed by atoms with E-state index in [2.05, 4.69) is 26.6 Å². The van der Waals surface area contributed by atoms with Gasteiger partial charge in [-0.05, 0) is 0 Å². The lowest BCUT2D eigenvalue weighted by molar-refractivity contribution is 0.525. The first-order valence-electron chi connectivity index (χ1n) is 11.9. The molecule has 1 heteroatoms. The summed E-state index contributed by atoms with van der Waals surface area (Å²) in [5.41, 5.74) is 0. The summed E-state index contributed by atoms with van der Waals surface area (Å²) in [4.78, 5) is 0. The van der Waals surface area contributed by atoms with Crippen LogP contribution in [0.4, 0.5) is 0 Å². The Hall–Kier alpha value is 0.217. The van der Waals surface area contributed by atoms with Gasteiger partial charge >= 0.3 is 0 Å². The molecule has 25 heavy (non-hydrogen) atoms. The zero-order valence-electron chi connectivity index (χ0n) is 18.3. The van der Waals surface area contributed by atoms with Gasteiger partial charge in [0.25, 0.3) is 0 Å². The van der Waals surface area contributed by atoms with Crippen molar-refractivity contribution in [2.75, 3.05) is 0 Å². The highest BCUT2D eigenvalue weighted by Crippen LogP contribution is 2.17. The average Bonchev–Trinajstić information content (AvgIpc) is 2.56. The van der Waals surface area contributed by atoms with Crippen LogP contribution in [-0.2, 0) is 0 Å². The maximum Gasteiger partial charge on any atom is 0.0442 e. The lowest BCUT2D eigenvalue weighted by Gasteiger charge is -2.14. The molecule has 0 bridgehead atoms. The van der Waals surface area contributed by atoms with E-state index in [1.165, 1.54) is 122 Å². The fourth-order valence-corrected chi connectivity index (χ4v) is 4.97. The van der Waals surface area contributed by atoms with Gasteiger partial charge in [-0.1, -0.05) is 155 Å². The van der Waals surface area contributed by atoms with Crippen LogP contribution in [0.15, 0.2) is 0 Å². The molecule has 0 heterocycles. The van der Waals surface area contributed by atoms with Gasteiger partial charge in [0.05, 0.1) is 0 Å². The van der Waals surface area contributed by atoms with E-state index < -0.39 is 8.07 Å². The molecule has 0 aliphatic heterocycles. The molecule has 0 rings (SSSR count). The van der Waals surface area contributed by atoms with E-state index in [0.29, 0.717) is 0 Å². The summed E-state index contributed by atoms with van der Waals surface area (Å²) in [6.45, 7) is 11.4. The number of hydrogen-bond acceptors (Lipinski definition) is 0. The molecule has 0 aromatic heterocycles. The van der Waals surface area contributed by atoms with Gasteiger partial charge in [-0.2, -0.15) is 0 Å². The van der Waals surface area contributed by atoms with Crippen molar-refractivity contribution in [2.45, 2.75) is 148 Å². The van der Waals surface area contributed by atoms with Crippen LogP contribution in [0.25, 0.3) is 0 Å². The first-order chi connectivity index (χ1) is 12.1. The number of unbranched alkanes of at least 4 members (excludes halogenated alkanes) is 18. The quantitative estimate of drug-likeness (QED) is 0.148. The molecule has 0 unspecified atom stereocenters. The Morgan fingerprint density at radius 3 is 0.880 bits per heavy atom. The van der Waals surface area contributed by atoms with Gasteiger partial charge in [0.15, 0.2) is 0 Å². The number of rotatable bonds is 20. The highest BCUT2D eigenvalue weighted by atomic mass is 28.3. The summed E-state index contributed by atoms with van der Waals surface area (Å²) in [7, 11) is -0.772. The second-order valence-electron chi connectivity index (χ2n) is 9.53. The molecule has 0 fully saturated rings. The van der Waals surface area contributed by atoms with E-state index in [0.717, 1.165) is 6.42 Å². The maximum atomic E-state index is 3.91. The second-order valence-corrected chi connectivity index (χ2v) is 15.1. The van der Waals surface area contributed by atoms with Crippen molar-refractivity contribution in [1.29, 1.82) is 0 Å². The van der Waals surface area contributed by atoms with Gasteiger partial charge in [0.1, 0.15) is 0 Å². The Bertz CT molecular complexity index is 241. The fraction of sp³-hybridized carbons (Fsp3) is 0.958. The molecule has 0 nitrogen and oxygen atoms in total. The SMILES string of the molecule is [CH2]CCCCCCCCCCCCCCCCCCCC[Si](C)(C)C. The number of hydrogen-bond donors (Lipinski definition) is 0. The predicted molar refractivity (Wildman–Crippen MR) is 121 cm³/mol. The molecular formula is C24H51Si. The predicted octanol–water partition coefficient (Wildman–Crippen LogP) is 9.57. The zero-order valence-corrected chi connectivity index (χ0v) is 19.3. The Labute approximate surface area is 163 Å². The molecule has 0 spiro atoms. The summed E-state index contributed by atoms with van der Waals surface area (Å²) in [6.07, 6.45) is 27.5. The van der Waals surface area contributed by atoms with E-state index in [1.54, 1.807) is 0 Å². The second kappa shape index (κ2) is 19.0. The molecule has 0 amide bonds. The molecule has 0 aromatic rings. The molecule has 1 radical (unpaired) electrons. The van der Waals surface area contributed by atoms with Gasteiger partial charge < -0.3 is 0 Å². The smallest absolute Gasteiger partial charge is 0.0442 e. The molecule has 0 atom stereocenters. The van der Waals surface area contributed by atoms with E-state index in [1.807, 2.05) is 0 Å². The Balaban J connectivity index is 3.01. The summed E-state index contributed by atoms with van der Waals surface area (Å²) in [5.74, 6) is 0. The van der Waals surface area contributed by atoms with Gasteiger partial charge in [-0.3, -0.25) is 0 Å². The van der Waals surface area contributed by atoms with Crippen molar-refractivity contribution >= 4 is 8.07 Å². The average molecular weight is 368 g/mol. The molecule has 151 valence electrons. The summed E-state index contributed by atoms with van der Waals surface area (Å²) in [6, 6.07) is 1.53. The van der Waals surface area contributed by atoms with Crippen molar-refractivity contribution in [3.63, 3.8) is 0 Å². The van der Waals surface area contributed by atoms with Crippen LogP contribution in [0.1, 0.15) is 122 Å². The summed E-state index contributed by atoms with van der Waals surface area (Å²) < 4.78 is 0. The van der Waals surface area contributed by atoms with Crippen LogP contribution in [0.5, 0.6) is 0 Å². The van der Waals surface area contributed by atoms with E-state index in [9.17, 15) is 0 Å². The van der Waals surface area contributed by atoms with Crippen LogP contribution in [-0.4, -0.2) is 8.07 Å². The van der Waals surface area contributed by atoms with Gasteiger partial charge in [-0.15, -0.1) is 0 Å². The summed E-state index contributed by atoms with van der Waals surface area (Å²) in [5, 5.41) is 0. The topological polar surface area (TPSA) is 0 Å². The Morgan fingerprint density at radius 1 is 0.400 bits per heavy atom. The molecule has 0 N–H and O–H groups in total. The van der Waals surface area contributed by atoms with E-state index in [-0.39, 0.29) is 0 Å². The van der Waals surface area contributed by atoms with Crippen LogP contribution in [0.2, 0.25) is 25.7 Å². The molecule has 0 saturated carbocycles. The minimum atomic E-state index is -0.772. The fourth-order valence-electron chi connectivity index (χ4n) is 3.66. The lowest BCUT2D eigenvalue weighted by atomic mass is 10.0. The molecular weight excluding hydrogens is 316 g/mol. The van der Waals surface area contributed by atoms with Gasteiger partial charge in [-0.25, -0.2) is 0 Å². The zero-order chi connectivity index (χ0) is 18.6. The standard InChI is InChI=1S/C24H51Si/c1-5-6-7-8-9-10-11-12-13-14-15-16-17-18-19-20-21-22-23-24-25(2,3)4/h1,5-24H2,2-4H3. The monoisotopic (exact) mass is 367 g/mol. The molecule has 0 aliphatic carbocycles. The van der Waals surface area contributed by atoms with Crippen molar-refractivity contribution in [3.8, 4) is 0 Å². The lowest BCUT2D eigenvalue weighted by Crippen LogP contribution is -2.18. The van der Waals surface area contributed by atoms with Crippen LogP contribution in [0.3, 0.4) is 0 Å². The largest absolute Gasteiger partial charge is 0.0695 e. The maximum absolute atomic E-state index is 3.91. The summed E-state index contributed by atoms with van der Waals surface area (Å²) >= 11 is 0. The minimum absolute atomic E-state index is 0.772. The third-order valence-corrected chi connectivity index (χ3v) is 7.28. The highest BCUT2D eigenvalue weighted by molar-refractivity contribution is 6.76. The van der Waals surface area contributed by atoms with Gasteiger partial charge in [0, 0.05) is 8.07 Å². The minimum Gasteiger partial charge on any atom is -0.0695 e. The van der Waals surface area contributed by atoms with E-state index >= 15 is 0 Å². The normalized spacial score (nSPS) is 12.0. The van der Waals surface area contributed by atoms with E-state index in [4.69, 9.17) is 0 Å². The molecule has 0 aliphatic rings. The van der Waals surface area contributed by atoms with Crippen LogP contribution >= 0.6 is 0 Å². The van der Waals surface area contributed by atoms with Crippen molar-refractivity contribution in [1.82, 2.24) is 0 Å². The molecule has 0 aromatic carbocycles. The third kappa shape index (κ3) is 24.2. The molecule has 0 saturated heterocycles. The highest BCUT2D eigenvalue weighted by Gasteiger charge is 2.11. The first-order valence-corrected chi connectivity index (χ1v) is 15.6. The van der Waals surface area contributed by atoms with Crippen LogP contribution in [0, 0.1) is 6.92 Å². The van der Waals surface area contributed by atoms with Crippen molar-refractivity contribution in [2.24, 2.45) is 0 Å². The van der Waals surface area contributed by atoms with Crippen molar-refractivity contribution < 1.29 is 0 Å². The van der Waals surface area contributed by atoms with Crippen LogP contribution < -0.4 is 0 Å². The third-order valence-electron chi connectivity index (χ3n) is 5.43. The van der Waals surface area contributed by atoms with Gasteiger partial charge in [0.2, 0.25) is 0 Å². The Morgan fingerprint density at radius 2 is 0.640 bits per heavy atom. The van der Waals surface area contributed by atoms with Crippen molar-refractivity contribution in [3.05, 3.63) is 6.92 Å². The first kappa shape index (κ1) is 25.2. The Kier molecular flexibility index (Phi) is 19.2.